The number of unbranched alkanes of at least 4 members (excludes halogenated alkanes) is 1. The SMILES string of the molecule is CCCCc1ncc(/C=C(/Cc2cccs2)C(=O)[O-])n1Cc1ccc(C(=O)[O-])cc1.[NH4+].[NH4+]. The van der Waals surface area contributed by atoms with Crippen LogP contribution in [0.15, 0.2) is 53.5 Å². The van der Waals surface area contributed by atoms with E-state index in [0.717, 1.165) is 35.5 Å². The van der Waals surface area contributed by atoms with Crippen LogP contribution in [0.2, 0.25) is 0 Å². The van der Waals surface area contributed by atoms with Crippen molar-refractivity contribution < 1.29 is 19.8 Å². The lowest BCUT2D eigenvalue weighted by Gasteiger charge is -2.13. The molecule has 0 radical (unpaired) electrons. The molecule has 1 aromatic carbocycles. The molecule has 0 bridgehead atoms. The van der Waals surface area contributed by atoms with Gasteiger partial charge in [-0.05, 0) is 40.6 Å². The lowest BCUT2D eigenvalue weighted by Crippen LogP contribution is -2.25. The number of carbonyl (C=O) groups is 2. The molecule has 0 fully saturated rings. The van der Waals surface area contributed by atoms with Crippen LogP contribution in [0.3, 0.4) is 0 Å². The maximum Gasteiger partial charge on any atom is 0.109 e. The highest BCUT2D eigenvalue weighted by molar-refractivity contribution is 7.09. The molecule has 0 aliphatic rings. The average Bonchev–Trinajstić information content (AvgIpc) is 3.37. The number of aromatic nitrogens is 2. The molecule has 0 unspecified atom stereocenters. The number of imidazole rings is 1. The fourth-order valence-corrected chi connectivity index (χ4v) is 3.88. The van der Waals surface area contributed by atoms with E-state index in [4.69, 9.17) is 0 Å². The maximum atomic E-state index is 11.7. The van der Waals surface area contributed by atoms with Crippen molar-refractivity contribution in [3.05, 3.63) is 81.1 Å². The fourth-order valence-electron chi connectivity index (χ4n) is 3.15. The lowest BCUT2D eigenvalue weighted by molar-refractivity contribution is -0.299. The Labute approximate surface area is 191 Å². The van der Waals surface area contributed by atoms with Crippen molar-refractivity contribution in [3.8, 4) is 0 Å². The van der Waals surface area contributed by atoms with Gasteiger partial charge < -0.3 is 36.7 Å². The zero-order valence-electron chi connectivity index (χ0n) is 18.7. The molecular weight excluding hydrogens is 428 g/mol. The van der Waals surface area contributed by atoms with E-state index in [0.29, 0.717) is 12.2 Å². The molecule has 0 aliphatic carbocycles. The highest BCUT2D eigenvalue weighted by atomic mass is 32.1. The van der Waals surface area contributed by atoms with Crippen LogP contribution in [0.4, 0.5) is 0 Å². The van der Waals surface area contributed by atoms with E-state index in [1.54, 1.807) is 24.4 Å². The molecule has 0 saturated carbocycles. The molecule has 2 heterocycles. The number of benzene rings is 1. The molecule has 172 valence electrons. The van der Waals surface area contributed by atoms with E-state index < -0.39 is 11.9 Å². The van der Waals surface area contributed by atoms with Gasteiger partial charge in [0.1, 0.15) is 5.82 Å². The number of carboxylic acids is 2. The maximum absolute atomic E-state index is 11.7. The molecule has 32 heavy (non-hydrogen) atoms. The minimum Gasteiger partial charge on any atom is -0.545 e. The monoisotopic (exact) mass is 458 g/mol. The van der Waals surface area contributed by atoms with E-state index in [-0.39, 0.29) is 29.9 Å². The van der Waals surface area contributed by atoms with Gasteiger partial charge in [-0.15, -0.1) is 11.3 Å². The van der Waals surface area contributed by atoms with Gasteiger partial charge in [0.05, 0.1) is 23.8 Å². The smallest absolute Gasteiger partial charge is 0.109 e. The topological polar surface area (TPSA) is 171 Å². The van der Waals surface area contributed by atoms with Gasteiger partial charge in [0, 0.05) is 24.3 Å². The van der Waals surface area contributed by atoms with Gasteiger partial charge >= 0.3 is 0 Å². The molecule has 0 spiro atoms. The summed E-state index contributed by atoms with van der Waals surface area (Å²) in [6.07, 6.45) is 6.33. The molecule has 0 atom stereocenters. The second kappa shape index (κ2) is 12.6. The lowest BCUT2D eigenvalue weighted by atomic mass is 10.1. The molecule has 8 N–H and O–H groups in total. The number of rotatable bonds is 10. The highest BCUT2D eigenvalue weighted by Gasteiger charge is 2.11. The summed E-state index contributed by atoms with van der Waals surface area (Å²) in [6, 6.07) is 10.3. The van der Waals surface area contributed by atoms with E-state index in [1.165, 1.54) is 23.5 Å². The Morgan fingerprint density at radius 3 is 2.41 bits per heavy atom. The van der Waals surface area contributed by atoms with E-state index in [2.05, 4.69) is 11.9 Å². The first-order chi connectivity index (χ1) is 14.5. The summed E-state index contributed by atoms with van der Waals surface area (Å²) in [5, 5.41) is 24.6. The largest absolute Gasteiger partial charge is 0.545 e. The standard InChI is InChI=1S/C23H24N2O4S.2H3N/c1-2-3-6-21-24-14-19(12-18(23(28)29)13-20-5-4-11-30-20)25(21)15-16-7-9-17(10-8-16)22(26)27;;/h4-5,7-12,14H,2-3,6,13,15H2,1H3,(H,26,27)(H,28,29);2*1H3/b18-12-;;. The molecule has 8 nitrogen and oxygen atoms in total. The minimum absolute atomic E-state index is 0. The van der Waals surface area contributed by atoms with Crippen LogP contribution >= 0.6 is 11.3 Å². The Hall–Kier alpha value is -3.27. The molecule has 0 amide bonds. The van der Waals surface area contributed by atoms with E-state index >= 15 is 0 Å². The Balaban J connectivity index is 0.00000256. The van der Waals surface area contributed by atoms with Crippen molar-refractivity contribution in [1.29, 1.82) is 0 Å². The summed E-state index contributed by atoms with van der Waals surface area (Å²) >= 11 is 1.50. The number of carbonyl (C=O) groups excluding carboxylic acids is 2. The van der Waals surface area contributed by atoms with E-state index in [9.17, 15) is 19.8 Å². The summed E-state index contributed by atoms with van der Waals surface area (Å²) in [5.74, 6) is -1.56. The molecule has 0 aliphatic heterocycles. The van der Waals surface area contributed by atoms with Crippen LogP contribution in [-0.2, 0) is 24.2 Å². The second-order valence-electron chi connectivity index (χ2n) is 6.99. The van der Waals surface area contributed by atoms with Gasteiger partial charge in [0.15, 0.2) is 0 Å². The quantitative estimate of drug-likeness (QED) is 0.444. The third kappa shape index (κ3) is 6.88. The zero-order chi connectivity index (χ0) is 21.5. The second-order valence-corrected chi connectivity index (χ2v) is 8.02. The Morgan fingerprint density at radius 2 is 1.84 bits per heavy atom. The molecular formula is C23H30N4O4S. The van der Waals surface area contributed by atoms with Crippen LogP contribution in [0.25, 0.3) is 6.08 Å². The van der Waals surface area contributed by atoms with Crippen LogP contribution in [0.1, 0.15) is 52.1 Å². The third-order valence-corrected chi connectivity index (χ3v) is 5.66. The van der Waals surface area contributed by atoms with Gasteiger partial charge in [-0.2, -0.15) is 0 Å². The summed E-state index contributed by atoms with van der Waals surface area (Å²) in [6.45, 7) is 2.56. The zero-order valence-corrected chi connectivity index (χ0v) is 19.5. The first-order valence-corrected chi connectivity index (χ1v) is 10.6. The number of quaternary nitrogens is 2. The van der Waals surface area contributed by atoms with Crippen molar-refractivity contribution in [2.75, 3.05) is 0 Å². The molecule has 3 rings (SSSR count). The van der Waals surface area contributed by atoms with Crippen molar-refractivity contribution in [2.45, 2.75) is 39.2 Å². The van der Waals surface area contributed by atoms with Crippen LogP contribution in [0.5, 0.6) is 0 Å². The number of carboxylic acid groups (broad SMARTS) is 2. The number of aromatic carboxylic acids is 1. The average molecular weight is 459 g/mol. The van der Waals surface area contributed by atoms with Gasteiger partial charge in [-0.25, -0.2) is 4.98 Å². The van der Waals surface area contributed by atoms with Crippen LogP contribution < -0.4 is 22.5 Å². The van der Waals surface area contributed by atoms with E-state index in [1.807, 2.05) is 22.1 Å². The first-order valence-electron chi connectivity index (χ1n) is 9.77. The number of aliphatic carboxylic acids is 1. The van der Waals surface area contributed by atoms with Crippen molar-refractivity contribution in [3.63, 3.8) is 0 Å². The minimum atomic E-state index is -1.22. The Bertz CT molecular complexity index is 1040. The van der Waals surface area contributed by atoms with Gasteiger partial charge in [-0.1, -0.05) is 43.7 Å². The van der Waals surface area contributed by atoms with Gasteiger partial charge in [-0.3, -0.25) is 0 Å². The van der Waals surface area contributed by atoms with Crippen molar-refractivity contribution in [1.82, 2.24) is 21.9 Å². The van der Waals surface area contributed by atoms with Crippen LogP contribution in [0, 0.1) is 0 Å². The number of thiophene rings is 1. The molecule has 2 aromatic heterocycles. The normalized spacial score (nSPS) is 10.8. The predicted octanol–water partition coefficient (Wildman–Crippen LogP) is 2.83. The predicted molar refractivity (Wildman–Crippen MR) is 124 cm³/mol. The summed E-state index contributed by atoms with van der Waals surface area (Å²) in [5.41, 5.74) is 1.87. The summed E-state index contributed by atoms with van der Waals surface area (Å²) in [7, 11) is 0. The third-order valence-electron chi connectivity index (χ3n) is 4.78. The number of hydrogen-bond donors (Lipinski definition) is 2. The van der Waals surface area contributed by atoms with Crippen molar-refractivity contribution >= 4 is 29.4 Å². The van der Waals surface area contributed by atoms with Crippen molar-refractivity contribution in [2.24, 2.45) is 0 Å². The summed E-state index contributed by atoms with van der Waals surface area (Å²) < 4.78 is 1.97. The fraction of sp³-hybridized carbons (Fsp3) is 0.261. The molecule has 3 aromatic rings. The van der Waals surface area contributed by atoms with Gasteiger partial charge in [0.25, 0.3) is 0 Å². The first kappa shape index (κ1) is 26.8. The highest BCUT2D eigenvalue weighted by Crippen LogP contribution is 2.19. The molecule has 0 saturated heterocycles. The summed E-state index contributed by atoms with van der Waals surface area (Å²) in [4.78, 5) is 28.1. The number of nitrogens with zero attached hydrogens (tertiary/aromatic N) is 2. The molecule has 9 heteroatoms. The number of aryl methyl sites for hydroxylation is 1. The Morgan fingerprint density at radius 1 is 1.12 bits per heavy atom. The number of hydrogen-bond acceptors (Lipinski definition) is 6. The van der Waals surface area contributed by atoms with Gasteiger partial charge in [0.2, 0.25) is 0 Å². The van der Waals surface area contributed by atoms with Crippen LogP contribution in [-0.4, -0.2) is 21.5 Å². The Kier molecular flexibility index (Phi) is 10.5.